The van der Waals surface area contributed by atoms with E-state index in [1.165, 1.54) is 18.2 Å². The highest BCUT2D eigenvalue weighted by atomic mass is 32.2. The highest BCUT2D eigenvalue weighted by Gasteiger charge is 2.31. The summed E-state index contributed by atoms with van der Waals surface area (Å²) in [4.78, 5) is 0.317. The molecule has 0 amide bonds. The molecule has 0 atom stereocenters. The van der Waals surface area contributed by atoms with E-state index in [0.29, 0.717) is 11.3 Å². The van der Waals surface area contributed by atoms with Gasteiger partial charge in [-0.1, -0.05) is 18.2 Å². The Morgan fingerprint density at radius 3 is 2.57 bits per heavy atom. The van der Waals surface area contributed by atoms with Crippen molar-refractivity contribution in [3.63, 3.8) is 0 Å². The maximum atomic E-state index is 12.4. The van der Waals surface area contributed by atoms with E-state index in [4.69, 9.17) is 10.5 Å². The Morgan fingerprint density at radius 2 is 1.86 bits per heavy atom. The molecule has 108 valence electrons. The standard InChI is InChI=1S/C15H13NO4S/c16-12-4-3-7-15-11(12)8-10(21(15,18)19)9-20-14-6-2-1-5-13(14)17/h1-8,17H,9,16H2. The predicted molar refractivity (Wildman–Crippen MR) is 79.6 cm³/mol. The summed E-state index contributed by atoms with van der Waals surface area (Å²) in [6.07, 6.45) is 1.51. The van der Waals surface area contributed by atoms with Crippen LogP contribution in [0.5, 0.6) is 11.5 Å². The first-order valence-electron chi connectivity index (χ1n) is 6.25. The van der Waals surface area contributed by atoms with Crippen molar-refractivity contribution in [1.82, 2.24) is 0 Å². The molecule has 5 nitrogen and oxygen atoms in total. The van der Waals surface area contributed by atoms with Crippen LogP contribution in [-0.4, -0.2) is 20.1 Å². The van der Waals surface area contributed by atoms with Crippen LogP contribution in [0.4, 0.5) is 5.69 Å². The van der Waals surface area contributed by atoms with Gasteiger partial charge in [-0.3, -0.25) is 0 Å². The van der Waals surface area contributed by atoms with Crippen LogP contribution in [0, 0.1) is 0 Å². The molecule has 1 aliphatic heterocycles. The Balaban J connectivity index is 1.90. The number of phenolic OH excluding ortho intramolecular Hbond substituents is 1. The molecular weight excluding hydrogens is 290 g/mol. The molecule has 0 spiro atoms. The highest BCUT2D eigenvalue weighted by molar-refractivity contribution is 7.95. The number of nitrogen functional groups attached to an aromatic ring is 1. The molecule has 0 radical (unpaired) electrons. The number of anilines is 1. The van der Waals surface area contributed by atoms with Crippen LogP contribution in [0.15, 0.2) is 52.3 Å². The number of nitrogens with two attached hydrogens (primary N) is 1. The van der Waals surface area contributed by atoms with Crippen molar-refractivity contribution in [2.45, 2.75) is 4.90 Å². The minimum absolute atomic E-state index is 0.0366. The number of phenols is 1. The molecule has 2 aromatic rings. The van der Waals surface area contributed by atoms with Gasteiger partial charge in [-0.2, -0.15) is 0 Å². The molecule has 0 aliphatic carbocycles. The van der Waals surface area contributed by atoms with E-state index in [1.54, 1.807) is 30.3 Å². The third-order valence-corrected chi connectivity index (χ3v) is 5.14. The summed E-state index contributed by atoms with van der Waals surface area (Å²) in [7, 11) is -3.58. The fourth-order valence-corrected chi connectivity index (χ4v) is 3.67. The first-order valence-corrected chi connectivity index (χ1v) is 7.73. The zero-order valence-electron chi connectivity index (χ0n) is 11.0. The van der Waals surface area contributed by atoms with Crippen LogP contribution in [0.25, 0.3) is 6.08 Å². The van der Waals surface area contributed by atoms with Crippen LogP contribution < -0.4 is 10.5 Å². The monoisotopic (exact) mass is 303 g/mol. The summed E-state index contributed by atoms with van der Waals surface area (Å²) < 4.78 is 30.1. The Bertz CT molecular complexity index is 841. The molecule has 3 rings (SSSR count). The van der Waals surface area contributed by atoms with E-state index in [1.807, 2.05) is 0 Å². The lowest BCUT2D eigenvalue weighted by atomic mass is 10.2. The second-order valence-corrected chi connectivity index (χ2v) is 6.60. The van der Waals surface area contributed by atoms with Gasteiger partial charge in [0.2, 0.25) is 9.84 Å². The number of ether oxygens (including phenoxy) is 1. The average molecular weight is 303 g/mol. The number of sulfone groups is 1. The van der Waals surface area contributed by atoms with Crippen LogP contribution in [0.3, 0.4) is 0 Å². The zero-order chi connectivity index (χ0) is 15.0. The summed E-state index contributed by atoms with van der Waals surface area (Å²) in [5, 5.41) is 9.62. The van der Waals surface area contributed by atoms with Crippen molar-refractivity contribution >= 4 is 21.6 Å². The van der Waals surface area contributed by atoms with Crippen molar-refractivity contribution in [2.75, 3.05) is 12.3 Å². The van der Waals surface area contributed by atoms with E-state index in [-0.39, 0.29) is 27.9 Å². The zero-order valence-corrected chi connectivity index (χ0v) is 11.8. The molecule has 6 heteroatoms. The minimum Gasteiger partial charge on any atom is -0.504 e. The smallest absolute Gasteiger partial charge is 0.206 e. The van der Waals surface area contributed by atoms with Gasteiger partial charge < -0.3 is 15.6 Å². The Morgan fingerprint density at radius 1 is 1.10 bits per heavy atom. The third-order valence-electron chi connectivity index (χ3n) is 3.28. The molecule has 1 aliphatic rings. The molecule has 3 N–H and O–H groups in total. The summed E-state index contributed by atoms with van der Waals surface area (Å²) in [6, 6.07) is 11.2. The van der Waals surface area contributed by atoms with E-state index < -0.39 is 9.84 Å². The molecule has 0 saturated carbocycles. The van der Waals surface area contributed by atoms with Crippen molar-refractivity contribution in [3.05, 3.63) is 52.9 Å². The number of fused-ring (bicyclic) bond motifs is 1. The molecule has 2 aromatic carbocycles. The molecule has 21 heavy (non-hydrogen) atoms. The maximum Gasteiger partial charge on any atom is 0.206 e. The lowest BCUT2D eigenvalue weighted by Gasteiger charge is -2.08. The number of rotatable bonds is 3. The first-order chi connectivity index (χ1) is 10.00. The fourth-order valence-electron chi connectivity index (χ4n) is 2.18. The van der Waals surface area contributed by atoms with Crippen LogP contribution in [-0.2, 0) is 9.84 Å². The molecule has 0 saturated heterocycles. The predicted octanol–water partition coefficient (Wildman–Crippen LogP) is 2.18. The minimum atomic E-state index is -3.58. The number of benzene rings is 2. The number of aromatic hydroxyl groups is 1. The van der Waals surface area contributed by atoms with Gasteiger partial charge in [0.15, 0.2) is 11.5 Å². The lowest BCUT2D eigenvalue weighted by molar-refractivity contribution is 0.333. The molecule has 0 aromatic heterocycles. The number of hydrogen-bond donors (Lipinski definition) is 2. The summed E-state index contributed by atoms with van der Waals surface area (Å²) in [6.45, 7) is -0.159. The Kier molecular flexibility index (Phi) is 3.10. The maximum absolute atomic E-state index is 12.4. The lowest BCUT2D eigenvalue weighted by Crippen LogP contribution is -2.09. The summed E-state index contributed by atoms with van der Waals surface area (Å²) in [5.74, 6) is 0.197. The molecule has 0 fully saturated rings. The van der Waals surface area contributed by atoms with Gasteiger partial charge in [0.25, 0.3) is 0 Å². The largest absolute Gasteiger partial charge is 0.504 e. The van der Waals surface area contributed by atoms with E-state index in [9.17, 15) is 13.5 Å². The Hall–Kier alpha value is -2.47. The van der Waals surface area contributed by atoms with E-state index >= 15 is 0 Å². The fraction of sp³-hybridized carbons (Fsp3) is 0.0667. The number of para-hydroxylation sites is 2. The van der Waals surface area contributed by atoms with Crippen LogP contribution in [0.1, 0.15) is 5.56 Å². The van der Waals surface area contributed by atoms with Crippen molar-refractivity contribution in [2.24, 2.45) is 0 Å². The van der Waals surface area contributed by atoms with E-state index in [0.717, 1.165) is 0 Å². The van der Waals surface area contributed by atoms with Gasteiger partial charge in [-0.15, -0.1) is 0 Å². The van der Waals surface area contributed by atoms with E-state index in [2.05, 4.69) is 0 Å². The van der Waals surface area contributed by atoms with Gasteiger partial charge in [0, 0.05) is 11.3 Å². The highest BCUT2D eigenvalue weighted by Crippen LogP contribution is 2.36. The van der Waals surface area contributed by atoms with Gasteiger partial charge in [-0.25, -0.2) is 8.42 Å². The summed E-state index contributed by atoms with van der Waals surface area (Å²) >= 11 is 0. The van der Waals surface area contributed by atoms with Crippen LogP contribution in [0.2, 0.25) is 0 Å². The number of hydrogen-bond acceptors (Lipinski definition) is 5. The quantitative estimate of drug-likeness (QED) is 0.848. The second kappa shape index (κ2) is 4.82. The average Bonchev–Trinajstić information content (AvgIpc) is 2.71. The first kappa shape index (κ1) is 13.5. The SMILES string of the molecule is Nc1cccc2c1C=C(COc1ccccc1O)S2(=O)=O. The van der Waals surface area contributed by atoms with Crippen molar-refractivity contribution < 1.29 is 18.3 Å². The molecular formula is C15H13NO4S. The van der Waals surface area contributed by atoms with Crippen molar-refractivity contribution in [1.29, 1.82) is 0 Å². The molecule has 0 unspecified atom stereocenters. The third kappa shape index (κ3) is 2.23. The Labute approximate surface area is 122 Å². The van der Waals surface area contributed by atoms with Gasteiger partial charge in [0.05, 0.1) is 9.80 Å². The van der Waals surface area contributed by atoms with Gasteiger partial charge in [0.1, 0.15) is 6.61 Å². The van der Waals surface area contributed by atoms with Crippen LogP contribution >= 0.6 is 0 Å². The van der Waals surface area contributed by atoms with Gasteiger partial charge >= 0.3 is 0 Å². The van der Waals surface area contributed by atoms with Gasteiger partial charge in [-0.05, 0) is 30.3 Å². The molecule has 1 heterocycles. The van der Waals surface area contributed by atoms with Crippen molar-refractivity contribution in [3.8, 4) is 11.5 Å². The molecule has 0 bridgehead atoms. The summed E-state index contributed by atoms with van der Waals surface area (Å²) in [5.41, 5.74) is 6.70. The topological polar surface area (TPSA) is 89.6 Å². The normalized spacial score (nSPS) is 15.3. The second-order valence-electron chi connectivity index (χ2n) is 4.63.